The van der Waals surface area contributed by atoms with E-state index in [4.69, 9.17) is 5.73 Å². The molecule has 0 spiro atoms. The standard InChI is InChI=1S/C12H13IN4/c1-17(2)12-15-10(9(13)11(14)16-12)8-6-4-3-5-7-8/h3-7H,1-2H3,(H2,14,15,16). The SMILES string of the molecule is CN(C)c1nc(N)c(I)c(-c2ccccc2)n1. The molecule has 2 rings (SSSR count). The van der Waals surface area contributed by atoms with Gasteiger partial charge < -0.3 is 10.6 Å². The van der Waals surface area contributed by atoms with Crippen LogP contribution in [0, 0.1) is 3.57 Å². The average Bonchev–Trinajstić information content (AvgIpc) is 2.33. The lowest BCUT2D eigenvalue weighted by molar-refractivity contribution is 1.00. The van der Waals surface area contributed by atoms with Gasteiger partial charge in [-0.05, 0) is 22.6 Å². The van der Waals surface area contributed by atoms with Gasteiger partial charge in [-0.1, -0.05) is 30.3 Å². The van der Waals surface area contributed by atoms with Gasteiger partial charge in [0.05, 0.1) is 9.26 Å². The number of aromatic nitrogens is 2. The summed E-state index contributed by atoms with van der Waals surface area (Å²) in [5, 5.41) is 0. The normalized spacial score (nSPS) is 10.3. The zero-order valence-electron chi connectivity index (χ0n) is 9.68. The summed E-state index contributed by atoms with van der Waals surface area (Å²) < 4.78 is 0.888. The van der Waals surface area contributed by atoms with Crippen molar-refractivity contribution >= 4 is 34.4 Å². The second kappa shape index (κ2) is 4.87. The number of rotatable bonds is 2. The number of halogens is 1. The first-order valence-electron chi connectivity index (χ1n) is 5.15. The number of hydrogen-bond donors (Lipinski definition) is 1. The minimum atomic E-state index is 0.517. The van der Waals surface area contributed by atoms with Crippen LogP contribution < -0.4 is 10.6 Å². The molecule has 4 nitrogen and oxygen atoms in total. The van der Waals surface area contributed by atoms with E-state index in [0.29, 0.717) is 11.8 Å². The molecule has 0 fully saturated rings. The van der Waals surface area contributed by atoms with Crippen molar-refractivity contribution in [3.8, 4) is 11.3 Å². The Balaban J connectivity index is 2.61. The maximum atomic E-state index is 5.91. The molecule has 0 aliphatic carbocycles. The van der Waals surface area contributed by atoms with E-state index >= 15 is 0 Å². The fraction of sp³-hybridized carbons (Fsp3) is 0.167. The minimum Gasteiger partial charge on any atom is -0.383 e. The summed E-state index contributed by atoms with van der Waals surface area (Å²) in [5.41, 5.74) is 7.84. The molecule has 5 heteroatoms. The van der Waals surface area contributed by atoms with Gasteiger partial charge in [-0.3, -0.25) is 0 Å². The van der Waals surface area contributed by atoms with E-state index in [2.05, 4.69) is 32.6 Å². The first kappa shape index (κ1) is 12.1. The van der Waals surface area contributed by atoms with Crippen molar-refractivity contribution in [3.05, 3.63) is 33.9 Å². The smallest absolute Gasteiger partial charge is 0.227 e. The summed E-state index contributed by atoms with van der Waals surface area (Å²) in [4.78, 5) is 10.6. The Morgan fingerprint density at radius 1 is 1.12 bits per heavy atom. The third-order valence-corrected chi connectivity index (χ3v) is 3.38. The highest BCUT2D eigenvalue weighted by Gasteiger charge is 2.12. The number of nitrogen functional groups attached to an aromatic ring is 1. The number of nitrogens with two attached hydrogens (primary N) is 1. The summed E-state index contributed by atoms with van der Waals surface area (Å²) in [7, 11) is 3.80. The molecule has 2 N–H and O–H groups in total. The molecule has 0 saturated carbocycles. The number of nitrogens with zero attached hydrogens (tertiary/aromatic N) is 3. The van der Waals surface area contributed by atoms with Crippen LogP contribution in [0.3, 0.4) is 0 Å². The second-order valence-corrected chi connectivity index (χ2v) is 4.91. The van der Waals surface area contributed by atoms with Gasteiger partial charge in [0.2, 0.25) is 5.95 Å². The molecule has 1 heterocycles. The van der Waals surface area contributed by atoms with Crippen LogP contribution in [-0.2, 0) is 0 Å². The van der Waals surface area contributed by atoms with Gasteiger partial charge in [-0.15, -0.1) is 0 Å². The lowest BCUT2D eigenvalue weighted by atomic mass is 10.1. The average molecular weight is 340 g/mol. The Bertz CT molecular complexity index is 526. The summed E-state index contributed by atoms with van der Waals surface area (Å²) in [6.45, 7) is 0. The molecule has 0 radical (unpaired) electrons. The Hall–Kier alpha value is -1.37. The van der Waals surface area contributed by atoms with Crippen LogP contribution in [0.5, 0.6) is 0 Å². The molecular formula is C12H13IN4. The van der Waals surface area contributed by atoms with E-state index in [-0.39, 0.29) is 0 Å². The fourth-order valence-corrected chi connectivity index (χ4v) is 1.99. The van der Waals surface area contributed by atoms with Crippen LogP contribution in [-0.4, -0.2) is 24.1 Å². The van der Waals surface area contributed by atoms with Gasteiger partial charge in [-0.2, -0.15) is 4.98 Å². The molecule has 2 aromatic rings. The Morgan fingerprint density at radius 2 is 1.76 bits per heavy atom. The first-order chi connectivity index (χ1) is 8.09. The van der Waals surface area contributed by atoms with Gasteiger partial charge in [0.25, 0.3) is 0 Å². The highest BCUT2D eigenvalue weighted by Crippen LogP contribution is 2.27. The molecule has 0 aliphatic heterocycles. The lowest BCUT2D eigenvalue weighted by Gasteiger charge is -2.14. The van der Waals surface area contributed by atoms with Crippen molar-refractivity contribution in [3.63, 3.8) is 0 Å². The Labute approximate surface area is 114 Å². The van der Waals surface area contributed by atoms with Crippen LogP contribution >= 0.6 is 22.6 Å². The Morgan fingerprint density at radius 3 is 2.35 bits per heavy atom. The van der Waals surface area contributed by atoms with Crippen LogP contribution in [0.25, 0.3) is 11.3 Å². The van der Waals surface area contributed by atoms with Crippen molar-refractivity contribution in [2.75, 3.05) is 24.7 Å². The molecule has 1 aromatic carbocycles. The van der Waals surface area contributed by atoms with Crippen LogP contribution in [0.4, 0.5) is 11.8 Å². The Kier molecular flexibility index (Phi) is 3.46. The fourth-order valence-electron chi connectivity index (χ4n) is 1.44. The monoisotopic (exact) mass is 340 g/mol. The van der Waals surface area contributed by atoms with Gasteiger partial charge in [0.15, 0.2) is 0 Å². The van der Waals surface area contributed by atoms with Gasteiger partial charge in [-0.25, -0.2) is 4.98 Å². The minimum absolute atomic E-state index is 0.517. The summed E-state index contributed by atoms with van der Waals surface area (Å²) in [5.74, 6) is 1.14. The molecule has 0 bridgehead atoms. The number of anilines is 2. The topological polar surface area (TPSA) is 55.0 Å². The molecule has 0 atom stereocenters. The van der Waals surface area contributed by atoms with E-state index in [0.717, 1.165) is 14.8 Å². The van der Waals surface area contributed by atoms with E-state index in [1.54, 1.807) is 0 Å². The molecule has 0 amide bonds. The number of hydrogen-bond acceptors (Lipinski definition) is 4. The predicted octanol–water partition coefficient (Wildman–Crippen LogP) is 2.40. The van der Waals surface area contributed by atoms with Crippen molar-refractivity contribution in [1.82, 2.24) is 9.97 Å². The lowest BCUT2D eigenvalue weighted by Crippen LogP contribution is -2.15. The van der Waals surface area contributed by atoms with E-state index < -0.39 is 0 Å². The molecular weight excluding hydrogens is 327 g/mol. The van der Waals surface area contributed by atoms with Crippen molar-refractivity contribution in [2.45, 2.75) is 0 Å². The largest absolute Gasteiger partial charge is 0.383 e. The first-order valence-corrected chi connectivity index (χ1v) is 6.23. The van der Waals surface area contributed by atoms with Crippen molar-refractivity contribution < 1.29 is 0 Å². The maximum Gasteiger partial charge on any atom is 0.227 e. The molecule has 0 aliphatic rings. The van der Waals surface area contributed by atoms with Crippen LogP contribution in [0.15, 0.2) is 30.3 Å². The van der Waals surface area contributed by atoms with Crippen molar-refractivity contribution in [1.29, 1.82) is 0 Å². The van der Waals surface area contributed by atoms with E-state index in [1.807, 2.05) is 49.3 Å². The molecule has 0 unspecified atom stereocenters. The van der Waals surface area contributed by atoms with E-state index in [1.165, 1.54) is 0 Å². The highest BCUT2D eigenvalue weighted by atomic mass is 127. The van der Waals surface area contributed by atoms with Gasteiger partial charge in [0, 0.05) is 19.7 Å². The third kappa shape index (κ3) is 2.49. The van der Waals surface area contributed by atoms with Gasteiger partial charge in [0.1, 0.15) is 5.82 Å². The molecule has 1 aromatic heterocycles. The van der Waals surface area contributed by atoms with Crippen LogP contribution in [0.2, 0.25) is 0 Å². The summed E-state index contributed by atoms with van der Waals surface area (Å²) in [6, 6.07) is 9.98. The zero-order valence-corrected chi connectivity index (χ0v) is 11.8. The maximum absolute atomic E-state index is 5.91. The quantitative estimate of drug-likeness (QED) is 0.853. The number of benzene rings is 1. The summed E-state index contributed by atoms with van der Waals surface area (Å²) >= 11 is 2.18. The van der Waals surface area contributed by atoms with Crippen molar-refractivity contribution in [2.24, 2.45) is 0 Å². The highest BCUT2D eigenvalue weighted by molar-refractivity contribution is 14.1. The van der Waals surface area contributed by atoms with Crippen LogP contribution in [0.1, 0.15) is 0 Å². The molecule has 17 heavy (non-hydrogen) atoms. The zero-order chi connectivity index (χ0) is 12.4. The summed E-state index contributed by atoms with van der Waals surface area (Å²) in [6.07, 6.45) is 0. The van der Waals surface area contributed by atoms with Gasteiger partial charge >= 0.3 is 0 Å². The predicted molar refractivity (Wildman–Crippen MR) is 78.9 cm³/mol. The second-order valence-electron chi connectivity index (χ2n) is 3.83. The van der Waals surface area contributed by atoms with E-state index in [9.17, 15) is 0 Å². The third-order valence-electron chi connectivity index (χ3n) is 2.31. The molecule has 88 valence electrons. The molecule has 0 saturated heterocycles.